The van der Waals surface area contributed by atoms with E-state index < -0.39 is 0 Å². The van der Waals surface area contributed by atoms with Crippen molar-refractivity contribution in [2.75, 3.05) is 11.9 Å². The number of thiophene rings is 1. The molecule has 3 rings (SSSR count). The fraction of sp³-hybridized carbons (Fsp3) is 0.333. The molecule has 0 spiro atoms. The summed E-state index contributed by atoms with van der Waals surface area (Å²) in [7, 11) is 0. The molecule has 3 aromatic rings. The maximum atomic E-state index is 12.1. The molecule has 3 aromatic heterocycles. The van der Waals surface area contributed by atoms with Gasteiger partial charge in [0.1, 0.15) is 17.0 Å². The highest BCUT2D eigenvalue weighted by Crippen LogP contribution is 2.32. The molecule has 0 fully saturated rings. The molecule has 0 aromatic carbocycles. The highest BCUT2D eigenvalue weighted by atomic mass is 32.1. The smallest absolute Gasteiger partial charge is 0.339 e. The third-order valence-corrected chi connectivity index (χ3v) is 4.87. The van der Waals surface area contributed by atoms with Gasteiger partial charge in [-0.3, -0.25) is 0 Å². The highest BCUT2D eigenvalue weighted by Gasteiger charge is 2.19. The number of hydrogen-bond donors (Lipinski definition) is 1. The molecule has 0 unspecified atom stereocenters. The van der Waals surface area contributed by atoms with Crippen LogP contribution in [0.5, 0.6) is 0 Å². The summed E-state index contributed by atoms with van der Waals surface area (Å²) in [4.78, 5) is 25.9. The largest absolute Gasteiger partial charge is 0.462 e. The summed E-state index contributed by atoms with van der Waals surface area (Å²) < 4.78 is 5.11. The summed E-state index contributed by atoms with van der Waals surface area (Å²) in [5, 5.41) is 8.40. The molecule has 3 heterocycles. The van der Waals surface area contributed by atoms with Crippen molar-refractivity contribution >= 4 is 49.8 Å². The second-order valence-corrected chi connectivity index (χ2v) is 6.85. The van der Waals surface area contributed by atoms with E-state index in [0.29, 0.717) is 29.3 Å². The van der Waals surface area contributed by atoms with Gasteiger partial charge in [0.05, 0.1) is 23.3 Å². The van der Waals surface area contributed by atoms with Crippen molar-refractivity contribution < 1.29 is 9.53 Å². The van der Waals surface area contributed by atoms with Gasteiger partial charge in [0.15, 0.2) is 5.13 Å². The maximum absolute atomic E-state index is 12.1. The molecule has 0 aliphatic heterocycles. The predicted molar refractivity (Wildman–Crippen MR) is 92.9 cm³/mol. The minimum atomic E-state index is -0.362. The van der Waals surface area contributed by atoms with E-state index in [2.05, 4.69) is 34.1 Å². The van der Waals surface area contributed by atoms with Crippen molar-refractivity contribution in [3.8, 4) is 0 Å². The molecule has 6 nitrogen and oxygen atoms in total. The second kappa shape index (κ2) is 6.59. The van der Waals surface area contributed by atoms with Gasteiger partial charge in [-0.15, -0.1) is 22.7 Å². The van der Waals surface area contributed by atoms with Crippen LogP contribution in [0.2, 0.25) is 0 Å². The molecule has 1 N–H and O–H groups in total. The average Bonchev–Trinajstić information content (AvgIpc) is 3.14. The Balaban J connectivity index is 1.99. The Kier molecular flexibility index (Phi) is 4.53. The zero-order valence-electron chi connectivity index (χ0n) is 13.0. The van der Waals surface area contributed by atoms with Gasteiger partial charge in [0.25, 0.3) is 0 Å². The van der Waals surface area contributed by atoms with Crippen LogP contribution in [0.25, 0.3) is 10.2 Å². The predicted octanol–water partition coefficient (Wildman–Crippen LogP) is 4.19. The second-order valence-electron chi connectivity index (χ2n) is 5.13. The Hall–Kier alpha value is -2.06. The van der Waals surface area contributed by atoms with E-state index in [1.807, 2.05) is 5.38 Å². The summed E-state index contributed by atoms with van der Waals surface area (Å²) in [6, 6.07) is 0. The third-order valence-electron chi connectivity index (χ3n) is 3.20. The number of aromatic nitrogens is 3. The fourth-order valence-electron chi connectivity index (χ4n) is 2.04. The monoisotopic (exact) mass is 348 g/mol. The molecule has 8 heteroatoms. The average molecular weight is 348 g/mol. The summed E-state index contributed by atoms with van der Waals surface area (Å²) in [5.41, 5.74) is 1.51. The Bertz CT molecular complexity index is 841. The lowest BCUT2D eigenvalue weighted by Crippen LogP contribution is -2.05. The van der Waals surface area contributed by atoms with Crippen LogP contribution in [0, 0.1) is 0 Å². The molecular formula is C15H16N4O2S2. The van der Waals surface area contributed by atoms with E-state index in [1.54, 1.807) is 12.3 Å². The number of esters is 1. The number of hydrogen-bond acceptors (Lipinski definition) is 8. The molecule has 0 amide bonds. The van der Waals surface area contributed by atoms with Crippen LogP contribution in [0.4, 0.5) is 10.9 Å². The molecule has 0 atom stereocenters. The molecule has 23 heavy (non-hydrogen) atoms. The third kappa shape index (κ3) is 3.18. The number of thiazole rings is 1. The van der Waals surface area contributed by atoms with Crippen molar-refractivity contribution in [3.63, 3.8) is 0 Å². The van der Waals surface area contributed by atoms with Crippen LogP contribution in [-0.4, -0.2) is 27.5 Å². The quantitative estimate of drug-likeness (QED) is 0.697. The van der Waals surface area contributed by atoms with Gasteiger partial charge in [-0.1, -0.05) is 13.8 Å². The van der Waals surface area contributed by atoms with Crippen LogP contribution in [0.1, 0.15) is 42.7 Å². The lowest BCUT2D eigenvalue weighted by atomic mass is 10.2. The Labute approximate surface area is 141 Å². The lowest BCUT2D eigenvalue weighted by Gasteiger charge is -2.05. The number of nitrogens with zero attached hydrogens (tertiary/aromatic N) is 3. The fourth-order valence-corrected chi connectivity index (χ4v) is 3.79. The minimum Gasteiger partial charge on any atom is -0.462 e. The van der Waals surface area contributed by atoms with Crippen molar-refractivity contribution in [3.05, 3.63) is 28.3 Å². The van der Waals surface area contributed by atoms with Crippen molar-refractivity contribution in [2.24, 2.45) is 0 Å². The summed E-state index contributed by atoms with van der Waals surface area (Å²) in [6.45, 7) is 6.31. The molecule has 0 aliphatic carbocycles. The van der Waals surface area contributed by atoms with Crippen LogP contribution in [0.15, 0.2) is 17.1 Å². The number of rotatable bonds is 5. The number of ether oxygens (including phenoxy) is 1. The highest BCUT2D eigenvalue weighted by molar-refractivity contribution is 7.17. The SMILES string of the molecule is CCOC(=O)c1csc2ncnc(Nc3nc(C(C)C)cs3)c12. The van der Waals surface area contributed by atoms with E-state index in [-0.39, 0.29) is 5.97 Å². The Morgan fingerprint density at radius 1 is 1.30 bits per heavy atom. The number of nitrogens with one attached hydrogen (secondary N) is 1. The minimum absolute atomic E-state index is 0.330. The molecular weight excluding hydrogens is 332 g/mol. The number of fused-ring (bicyclic) bond motifs is 1. The maximum Gasteiger partial charge on any atom is 0.339 e. The van der Waals surface area contributed by atoms with Crippen molar-refractivity contribution in [1.82, 2.24) is 15.0 Å². The lowest BCUT2D eigenvalue weighted by molar-refractivity contribution is 0.0529. The van der Waals surface area contributed by atoms with Crippen molar-refractivity contribution in [1.29, 1.82) is 0 Å². The topological polar surface area (TPSA) is 77.0 Å². The van der Waals surface area contributed by atoms with E-state index in [0.717, 1.165) is 15.7 Å². The standard InChI is InChI=1S/C15H16N4O2S2/c1-4-21-14(20)9-5-22-13-11(9)12(16-7-17-13)19-15-18-10(6-23-15)8(2)3/h5-8H,4H2,1-3H3,(H,16,17,18,19). The van der Waals surface area contributed by atoms with E-state index in [1.165, 1.54) is 29.0 Å². The van der Waals surface area contributed by atoms with Gasteiger partial charge in [0, 0.05) is 10.8 Å². The molecule has 120 valence electrons. The zero-order chi connectivity index (χ0) is 16.4. The first-order valence-electron chi connectivity index (χ1n) is 7.22. The van der Waals surface area contributed by atoms with Gasteiger partial charge in [-0.2, -0.15) is 0 Å². The Morgan fingerprint density at radius 2 is 2.13 bits per heavy atom. The van der Waals surface area contributed by atoms with Gasteiger partial charge in [-0.25, -0.2) is 19.7 Å². The van der Waals surface area contributed by atoms with E-state index in [9.17, 15) is 4.79 Å². The Morgan fingerprint density at radius 3 is 2.83 bits per heavy atom. The molecule has 0 saturated heterocycles. The van der Waals surface area contributed by atoms with Crippen LogP contribution >= 0.6 is 22.7 Å². The van der Waals surface area contributed by atoms with Crippen LogP contribution in [-0.2, 0) is 4.74 Å². The van der Waals surface area contributed by atoms with E-state index in [4.69, 9.17) is 4.74 Å². The van der Waals surface area contributed by atoms with Gasteiger partial charge in [0.2, 0.25) is 0 Å². The number of carbonyl (C=O) groups excluding carboxylic acids is 1. The summed E-state index contributed by atoms with van der Waals surface area (Å²) in [5.74, 6) is 0.575. The zero-order valence-corrected chi connectivity index (χ0v) is 14.6. The molecule has 0 aliphatic rings. The number of carbonyl (C=O) groups is 1. The summed E-state index contributed by atoms with van der Waals surface area (Å²) in [6.07, 6.45) is 1.48. The van der Waals surface area contributed by atoms with Gasteiger partial charge < -0.3 is 10.1 Å². The van der Waals surface area contributed by atoms with Crippen LogP contribution in [0.3, 0.4) is 0 Å². The van der Waals surface area contributed by atoms with Gasteiger partial charge in [-0.05, 0) is 12.8 Å². The number of anilines is 2. The first-order chi connectivity index (χ1) is 11.1. The first kappa shape index (κ1) is 15.8. The van der Waals surface area contributed by atoms with Gasteiger partial charge >= 0.3 is 5.97 Å². The normalized spacial score (nSPS) is 11.1. The molecule has 0 bridgehead atoms. The first-order valence-corrected chi connectivity index (χ1v) is 8.97. The molecule has 0 saturated carbocycles. The van der Waals surface area contributed by atoms with E-state index >= 15 is 0 Å². The van der Waals surface area contributed by atoms with Crippen LogP contribution < -0.4 is 5.32 Å². The summed E-state index contributed by atoms with van der Waals surface area (Å²) >= 11 is 2.91. The van der Waals surface area contributed by atoms with Crippen molar-refractivity contribution in [2.45, 2.75) is 26.7 Å². The molecule has 0 radical (unpaired) electrons.